The van der Waals surface area contributed by atoms with Crippen molar-refractivity contribution < 1.29 is 4.79 Å². The Bertz CT molecular complexity index is 420. The molecule has 0 saturated heterocycles. The predicted molar refractivity (Wildman–Crippen MR) is 72.2 cm³/mol. The fourth-order valence-corrected chi connectivity index (χ4v) is 4.45. The Morgan fingerprint density at radius 1 is 1.56 bits per heavy atom. The van der Waals surface area contributed by atoms with Crippen LogP contribution in [0.3, 0.4) is 0 Å². The molecule has 1 aromatic heterocycles. The van der Waals surface area contributed by atoms with Crippen LogP contribution < -0.4 is 0 Å². The molecule has 3 heteroatoms. The summed E-state index contributed by atoms with van der Waals surface area (Å²) >= 11 is 5.11. The van der Waals surface area contributed by atoms with Crippen LogP contribution >= 0.6 is 27.3 Å². The molecule has 0 aromatic carbocycles. The first kappa shape index (κ1) is 12.3. The van der Waals surface area contributed by atoms with Gasteiger partial charge in [-0.1, -0.05) is 20.3 Å². The zero-order chi connectivity index (χ0) is 11.9. The highest BCUT2D eigenvalue weighted by Crippen LogP contribution is 2.45. The van der Waals surface area contributed by atoms with Gasteiger partial charge in [0.1, 0.15) is 0 Å². The van der Waals surface area contributed by atoms with Crippen molar-refractivity contribution in [3.05, 3.63) is 20.3 Å². The standard InChI is InChI=1S/C13H17BrOS/c1-8-7-10(14)12(16-8)11(15)9-5-4-6-13(9,2)3/h7,9H,4-6H2,1-3H3. The summed E-state index contributed by atoms with van der Waals surface area (Å²) in [5.74, 6) is 0.550. The first-order chi connectivity index (χ1) is 7.42. The third-order valence-corrected chi connectivity index (χ3v) is 5.56. The monoisotopic (exact) mass is 300 g/mol. The van der Waals surface area contributed by atoms with Crippen molar-refractivity contribution in [2.75, 3.05) is 0 Å². The van der Waals surface area contributed by atoms with E-state index < -0.39 is 0 Å². The molecule has 0 bridgehead atoms. The van der Waals surface area contributed by atoms with Gasteiger partial charge in [0.2, 0.25) is 0 Å². The van der Waals surface area contributed by atoms with Gasteiger partial charge in [0.25, 0.3) is 0 Å². The molecular formula is C13H17BrOS. The molecule has 1 nitrogen and oxygen atoms in total. The summed E-state index contributed by atoms with van der Waals surface area (Å²) in [5.41, 5.74) is 0.175. The molecule has 16 heavy (non-hydrogen) atoms. The van der Waals surface area contributed by atoms with Gasteiger partial charge < -0.3 is 0 Å². The van der Waals surface area contributed by atoms with Gasteiger partial charge in [-0.3, -0.25) is 4.79 Å². The number of Topliss-reactive ketones (excluding diaryl/α,β-unsaturated/α-hetero) is 1. The third-order valence-electron chi connectivity index (χ3n) is 3.61. The summed E-state index contributed by atoms with van der Waals surface area (Å²) in [6, 6.07) is 2.04. The fraction of sp³-hybridized carbons (Fsp3) is 0.615. The predicted octanol–water partition coefficient (Wildman–Crippen LogP) is 4.83. The zero-order valence-electron chi connectivity index (χ0n) is 9.97. The van der Waals surface area contributed by atoms with E-state index in [9.17, 15) is 4.79 Å². The number of carbonyl (C=O) groups excluding carboxylic acids is 1. The van der Waals surface area contributed by atoms with E-state index in [2.05, 4.69) is 29.8 Å². The third kappa shape index (κ3) is 2.12. The van der Waals surface area contributed by atoms with Crippen LogP contribution in [0.2, 0.25) is 0 Å². The quantitative estimate of drug-likeness (QED) is 0.715. The fourth-order valence-electron chi connectivity index (χ4n) is 2.62. The summed E-state index contributed by atoms with van der Waals surface area (Å²) in [4.78, 5) is 14.6. The minimum atomic E-state index is 0.175. The lowest BCUT2D eigenvalue weighted by molar-refractivity contribution is 0.0843. The number of ketones is 1. The van der Waals surface area contributed by atoms with Crippen molar-refractivity contribution in [1.82, 2.24) is 0 Å². The van der Waals surface area contributed by atoms with E-state index in [4.69, 9.17) is 0 Å². The first-order valence-corrected chi connectivity index (χ1v) is 7.33. The molecule has 1 aromatic rings. The highest BCUT2D eigenvalue weighted by atomic mass is 79.9. The van der Waals surface area contributed by atoms with Crippen molar-refractivity contribution in [2.24, 2.45) is 11.3 Å². The Morgan fingerprint density at radius 3 is 2.69 bits per heavy atom. The lowest BCUT2D eigenvalue weighted by atomic mass is 9.79. The van der Waals surface area contributed by atoms with Crippen LogP contribution in [0.4, 0.5) is 0 Å². The molecule has 0 amide bonds. The average molecular weight is 301 g/mol. The summed E-state index contributed by atoms with van der Waals surface area (Å²) < 4.78 is 0.975. The Hall–Kier alpha value is -0.150. The van der Waals surface area contributed by atoms with E-state index in [1.165, 1.54) is 17.7 Å². The number of hydrogen-bond donors (Lipinski definition) is 0. The molecule has 0 radical (unpaired) electrons. The van der Waals surface area contributed by atoms with Gasteiger partial charge in [-0.15, -0.1) is 11.3 Å². The van der Waals surface area contributed by atoms with Crippen molar-refractivity contribution in [3.8, 4) is 0 Å². The SMILES string of the molecule is Cc1cc(Br)c(C(=O)C2CCCC2(C)C)s1. The van der Waals surface area contributed by atoms with Crippen LogP contribution in [0, 0.1) is 18.3 Å². The highest BCUT2D eigenvalue weighted by Gasteiger charge is 2.40. The minimum absolute atomic E-state index is 0.175. The molecule has 1 aliphatic carbocycles. The second-order valence-electron chi connectivity index (χ2n) is 5.33. The summed E-state index contributed by atoms with van der Waals surface area (Å²) in [7, 11) is 0. The molecule has 1 atom stereocenters. The lowest BCUT2D eigenvalue weighted by Crippen LogP contribution is -2.25. The smallest absolute Gasteiger partial charge is 0.177 e. The number of carbonyl (C=O) groups is 1. The van der Waals surface area contributed by atoms with Crippen LogP contribution in [0.1, 0.15) is 47.7 Å². The van der Waals surface area contributed by atoms with Crippen molar-refractivity contribution in [1.29, 1.82) is 0 Å². The molecule has 0 spiro atoms. The number of hydrogen-bond acceptors (Lipinski definition) is 2. The van der Waals surface area contributed by atoms with E-state index >= 15 is 0 Å². The molecule has 0 aliphatic heterocycles. The Morgan fingerprint density at radius 2 is 2.25 bits per heavy atom. The zero-order valence-corrected chi connectivity index (χ0v) is 12.4. The molecule has 88 valence electrons. The van der Waals surface area contributed by atoms with Crippen LogP contribution in [-0.4, -0.2) is 5.78 Å². The summed E-state index contributed by atoms with van der Waals surface area (Å²) in [6.07, 6.45) is 3.41. The molecule has 1 aliphatic rings. The van der Waals surface area contributed by atoms with E-state index in [0.29, 0.717) is 5.78 Å². The molecule has 1 unspecified atom stereocenters. The van der Waals surface area contributed by atoms with Crippen molar-refractivity contribution in [3.63, 3.8) is 0 Å². The number of thiophene rings is 1. The van der Waals surface area contributed by atoms with E-state index in [-0.39, 0.29) is 11.3 Å². The molecular weight excluding hydrogens is 284 g/mol. The van der Waals surface area contributed by atoms with Gasteiger partial charge in [0.15, 0.2) is 5.78 Å². The highest BCUT2D eigenvalue weighted by molar-refractivity contribution is 9.10. The maximum absolute atomic E-state index is 12.5. The Balaban J connectivity index is 2.29. The molecule has 1 fully saturated rings. The molecule has 1 heterocycles. The number of rotatable bonds is 2. The summed E-state index contributed by atoms with van der Waals surface area (Å²) in [5, 5.41) is 0. The van der Waals surface area contributed by atoms with Crippen LogP contribution in [0.15, 0.2) is 10.5 Å². The maximum atomic E-state index is 12.5. The largest absolute Gasteiger partial charge is 0.293 e. The number of aryl methyl sites for hydroxylation is 1. The van der Waals surface area contributed by atoms with Crippen LogP contribution in [0.5, 0.6) is 0 Å². The van der Waals surface area contributed by atoms with Gasteiger partial charge >= 0.3 is 0 Å². The van der Waals surface area contributed by atoms with Gasteiger partial charge in [-0.2, -0.15) is 0 Å². The molecule has 2 rings (SSSR count). The van der Waals surface area contributed by atoms with Crippen molar-refractivity contribution >= 4 is 33.0 Å². The van der Waals surface area contributed by atoms with E-state index in [1.807, 2.05) is 13.0 Å². The second kappa shape index (κ2) is 4.26. The Labute approximate surface area is 109 Å². The van der Waals surface area contributed by atoms with E-state index in [1.54, 1.807) is 11.3 Å². The first-order valence-electron chi connectivity index (χ1n) is 5.72. The number of halogens is 1. The van der Waals surface area contributed by atoms with E-state index in [0.717, 1.165) is 15.8 Å². The second-order valence-corrected chi connectivity index (χ2v) is 7.44. The van der Waals surface area contributed by atoms with Crippen molar-refractivity contribution in [2.45, 2.75) is 40.0 Å². The molecule has 1 saturated carbocycles. The average Bonchev–Trinajstić information content (AvgIpc) is 2.68. The van der Waals surface area contributed by atoms with Gasteiger partial charge in [-0.05, 0) is 47.2 Å². The topological polar surface area (TPSA) is 17.1 Å². The van der Waals surface area contributed by atoms with Gasteiger partial charge in [0, 0.05) is 15.3 Å². The van der Waals surface area contributed by atoms with Crippen LogP contribution in [-0.2, 0) is 0 Å². The minimum Gasteiger partial charge on any atom is -0.293 e. The lowest BCUT2D eigenvalue weighted by Gasteiger charge is -2.25. The van der Waals surface area contributed by atoms with Gasteiger partial charge in [0.05, 0.1) is 4.88 Å². The molecule has 0 N–H and O–H groups in total. The summed E-state index contributed by atoms with van der Waals surface area (Å²) in [6.45, 7) is 6.49. The normalized spacial score (nSPS) is 23.6. The van der Waals surface area contributed by atoms with Gasteiger partial charge in [-0.25, -0.2) is 0 Å². The maximum Gasteiger partial charge on any atom is 0.177 e. The van der Waals surface area contributed by atoms with Crippen LogP contribution in [0.25, 0.3) is 0 Å². The Kier molecular flexibility index (Phi) is 3.28.